The second-order valence-electron chi connectivity index (χ2n) is 6.40. The normalized spacial score (nSPS) is 22.4. The van der Waals surface area contributed by atoms with Crippen molar-refractivity contribution in [2.45, 2.75) is 32.2 Å². The van der Waals surface area contributed by atoms with E-state index >= 15 is 0 Å². The Morgan fingerprint density at radius 3 is 2.45 bits per heavy atom. The molecule has 0 radical (unpaired) electrons. The van der Waals surface area contributed by atoms with Gasteiger partial charge in [-0.25, -0.2) is 0 Å². The van der Waals surface area contributed by atoms with Crippen LogP contribution < -0.4 is 0 Å². The molecule has 2 aliphatic rings. The Bertz CT molecular complexity index is 421. The van der Waals surface area contributed by atoms with Gasteiger partial charge < -0.3 is 10.0 Å². The van der Waals surface area contributed by atoms with E-state index in [-0.39, 0.29) is 0 Å². The topological polar surface area (TPSA) is 26.7 Å². The number of rotatable bonds is 4. The zero-order chi connectivity index (χ0) is 13.8. The molecule has 0 amide bonds. The minimum absolute atomic E-state index is 0.381. The summed E-state index contributed by atoms with van der Waals surface area (Å²) < 4.78 is 0. The first-order chi connectivity index (χ1) is 9.79. The molecule has 2 fully saturated rings. The van der Waals surface area contributed by atoms with Gasteiger partial charge in [0.05, 0.1) is 0 Å². The van der Waals surface area contributed by atoms with Gasteiger partial charge in [-0.1, -0.05) is 12.1 Å². The molecule has 1 N–H and O–H groups in total. The Kier molecular flexibility index (Phi) is 4.58. The van der Waals surface area contributed by atoms with Crippen LogP contribution in [0, 0.1) is 5.92 Å². The van der Waals surface area contributed by atoms with Crippen LogP contribution in [0.4, 0.5) is 0 Å². The molecule has 2 heterocycles. The lowest BCUT2D eigenvalue weighted by Crippen LogP contribution is -2.37. The number of aromatic hydroxyl groups is 1. The van der Waals surface area contributed by atoms with Gasteiger partial charge in [-0.15, -0.1) is 0 Å². The van der Waals surface area contributed by atoms with Gasteiger partial charge in [-0.05, 0) is 75.5 Å². The van der Waals surface area contributed by atoms with Crippen LogP contribution in [-0.4, -0.2) is 47.6 Å². The van der Waals surface area contributed by atoms with Gasteiger partial charge in [0.1, 0.15) is 5.75 Å². The second kappa shape index (κ2) is 6.59. The van der Waals surface area contributed by atoms with E-state index in [4.69, 9.17) is 0 Å². The van der Waals surface area contributed by atoms with Crippen molar-refractivity contribution in [2.75, 3.05) is 32.7 Å². The molecule has 1 aromatic carbocycles. The van der Waals surface area contributed by atoms with E-state index < -0.39 is 0 Å². The van der Waals surface area contributed by atoms with Gasteiger partial charge in [0.15, 0.2) is 0 Å². The molecule has 2 saturated heterocycles. The fraction of sp³-hybridized carbons (Fsp3) is 0.647. The number of benzene rings is 1. The molecule has 110 valence electrons. The van der Waals surface area contributed by atoms with Crippen LogP contribution in [0.15, 0.2) is 24.3 Å². The quantitative estimate of drug-likeness (QED) is 0.914. The van der Waals surface area contributed by atoms with Crippen molar-refractivity contribution in [1.29, 1.82) is 0 Å². The van der Waals surface area contributed by atoms with Crippen LogP contribution in [0.5, 0.6) is 5.75 Å². The van der Waals surface area contributed by atoms with E-state index in [1.165, 1.54) is 64.0 Å². The molecule has 3 heteroatoms. The molecule has 0 bridgehead atoms. The maximum Gasteiger partial charge on any atom is 0.115 e. The molecule has 0 aromatic heterocycles. The zero-order valence-corrected chi connectivity index (χ0v) is 12.3. The highest BCUT2D eigenvalue weighted by molar-refractivity contribution is 5.27. The molecule has 1 aromatic rings. The highest BCUT2D eigenvalue weighted by Crippen LogP contribution is 2.22. The lowest BCUT2D eigenvalue weighted by atomic mass is 9.96. The van der Waals surface area contributed by atoms with E-state index in [2.05, 4.69) is 15.9 Å². The number of hydrogen-bond acceptors (Lipinski definition) is 3. The number of piperidine rings is 1. The van der Waals surface area contributed by atoms with Gasteiger partial charge in [-0.3, -0.25) is 4.90 Å². The summed E-state index contributed by atoms with van der Waals surface area (Å²) in [5, 5.41) is 9.52. The zero-order valence-electron chi connectivity index (χ0n) is 12.3. The summed E-state index contributed by atoms with van der Waals surface area (Å²) in [6.45, 7) is 7.35. The standard InChI is InChI=1S/C17H26N2O/c20-17-5-3-4-16(12-17)14-19-10-6-15(7-11-19)13-18-8-1-2-9-18/h3-5,12,15,20H,1-2,6-11,13-14H2. The van der Waals surface area contributed by atoms with E-state index in [0.717, 1.165) is 12.5 Å². The van der Waals surface area contributed by atoms with Crippen molar-refractivity contribution >= 4 is 0 Å². The molecular weight excluding hydrogens is 248 g/mol. The molecular formula is C17H26N2O. The van der Waals surface area contributed by atoms with Crippen molar-refractivity contribution < 1.29 is 5.11 Å². The van der Waals surface area contributed by atoms with Crippen LogP contribution in [-0.2, 0) is 6.54 Å². The van der Waals surface area contributed by atoms with Crippen molar-refractivity contribution in [3.8, 4) is 5.75 Å². The number of nitrogens with zero attached hydrogens (tertiary/aromatic N) is 2. The van der Waals surface area contributed by atoms with E-state index in [0.29, 0.717) is 5.75 Å². The summed E-state index contributed by atoms with van der Waals surface area (Å²) in [5.41, 5.74) is 1.22. The first-order valence-electron chi connectivity index (χ1n) is 8.02. The van der Waals surface area contributed by atoms with Crippen LogP contribution in [0.25, 0.3) is 0 Å². The van der Waals surface area contributed by atoms with Crippen LogP contribution in [0.1, 0.15) is 31.2 Å². The maximum absolute atomic E-state index is 9.52. The molecule has 20 heavy (non-hydrogen) atoms. The highest BCUT2D eigenvalue weighted by atomic mass is 16.3. The summed E-state index contributed by atoms with van der Waals surface area (Å²) in [6.07, 6.45) is 5.46. The van der Waals surface area contributed by atoms with Gasteiger partial charge in [0.25, 0.3) is 0 Å². The molecule has 0 atom stereocenters. The smallest absolute Gasteiger partial charge is 0.115 e. The Balaban J connectivity index is 1.43. The lowest BCUT2D eigenvalue weighted by Gasteiger charge is -2.33. The van der Waals surface area contributed by atoms with Crippen molar-refractivity contribution in [1.82, 2.24) is 9.80 Å². The Morgan fingerprint density at radius 1 is 1.00 bits per heavy atom. The third-order valence-corrected chi connectivity index (χ3v) is 4.74. The Labute approximate surface area is 122 Å². The van der Waals surface area contributed by atoms with Gasteiger partial charge in [0.2, 0.25) is 0 Å². The predicted octanol–water partition coefficient (Wildman–Crippen LogP) is 2.70. The van der Waals surface area contributed by atoms with E-state index in [9.17, 15) is 5.11 Å². The minimum Gasteiger partial charge on any atom is -0.508 e. The predicted molar refractivity (Wildman–Crippen MR) is 81.8 cm³/mol. The van der Waals surface area contributed by atoms with Crippen LogP contribution in [0.2, 0.25) is 0 Å². The highest BCUT2D eigenvalue weighted by Gasteiger charge is 2.22. The number of likely N-dealkylation sites (tertiary alicyclic amines) is 2. The first-order valence-corrected chi connectivity index (χ1v) is 8.02. The van der Waals surface area contributed by atoms with Crippen LogP contribution in [0.3, 0.4) is 0 Å². The SMILES string of the molecule is Oc1cccc(CN2CCC(CN3CCCC3)CC2)c1. The fourth-order valence-corrected chi connectivity index (χ4v) is 3.57. The minimum atomic E-state index is 0.381. The lowest BCUT2D eigenvalue weighted by molar-refractivity contribution is 0.149. The second-order valence-corrected chi connectivity index (χ2v) is 6.40. The molecule has 0 saturated carbocycles. The largest absolute Gasteiger partial charge is 0.508 e. The van der Waals surface area contributed by atoms with Gasteiger partial charge >= 0.3 is 0 Å². The molecule has 0 aliphatic carbocycles. The molecule has 0 unspecified atom stereocenters. The summed E-state index contributed by atoms with van der Waals surface area (Å²) >= 11 is 0. The van der Waals surface area contributed by atoms with E-state index in [1.54, 1.807) is 6.07 Å². The average molecular weight is 274 g/mol. The van der Waals surface area contributed by atoms with Gasteiger partial charge in [0, 0.05) is 13.1 Å². The molecule has 0 spiro atoms. The van der Waals surface area contributed by atoms with Crippen molar-refractivity contribution in [3.63, 3.8) is 0 Å². The Morgan fingerprint density at radius 2 is 1.75 bits per heavy atom. The summed E-state index contributed by atoms with van der Waals surface area (Å²) in [4.78, 5) is 5.17. The average Bonchev–Trinajstić information content (AvgIpc) is 2.94. The summed E-state index contributed by atoms with van der Waals surface area (Å²) in [6, 6.07) is 7.67. The third-order valence-electron chi connectivity index (χ3n) is 4.74. The first kappa shape index (κ1) is 13.9. The monoisotopic (exact) mass is 274 g/mol. The van der Waals surface area contributed by atoms with Crippen LogP contribution >= 0.6 is 0 Å². The summed E-state index contributed by atoms with van der Waals surface area (Å²) in [5.74, 6) is 1.28. The number of phenolic OH excluding ortho intramolecular Hbond substituents is 1. The third kappa shape index (κ3) is 3.74. The number of hydrogen-bond donors (Lipinski definition) is 1. The van der Waals surface area contributed by atoms with E-state index in [1.807, 2.05) is 12.1 Å². The summed E-state index contributed by atoms with van der Waals surface area (Å²) in [7, 11) is 0. The van der Waals surface area contributed by atoms with Crippen molar-refractivity contribution in [3.05, 3.63) is 29.8 Å². The molecule has 3 nitrogen and oxygen atoms in total. The van der Waals surface area contributed by atoms with Gasteiger partial charge in [-0.2, -0.15) is 0 Å². The Hall–Kier alpha value is -1.06. The molecule has 2 aliphatic heterocycles. The number of phenols is 1. The fourth-order valence-electron chi connectivity index (χ4n) is 3.57. The maximum atomic E-state index is 9.52. The molecule has 3 rings (SSSR count). The van der Waals surface area contributed by atoms with Crippen molar-refractivity contribution in [2.24, 2.45) is 5.92 Å².